The third-order valence-corrected chi connectivity index (χ3v) is 3.85. The first-order valence-corrected chi connectivity index (χ1v) is 7.51. The van der Waals surface area contributed by atoms with Gasteiger partial charge in [-0.2, -0.15) is 0 Å². The molecule has 2 aromatic rings. The fourth-order valence-corrected chi connectivity index (χ4v) is 2.70. The Labute approximate surface area is 120 Å². The molecule has 0 unspecified atom stereocenters. The van der Waals surface area contributed by atoms with Gasteiger partial charge < -0.3 is 5.32 Å². The first-order valence-electron chi connectivity index (χ1n) is 6.69. The predicted molar refractivity (Wildman–Crippen MR) is 76.1 cm³/mol. The zero-order valence-electron chi connectivity index (χ0n) is 11.2. The molecule has 2 N–H and O–H groups in total. The maximum absolute atomic E-state index is 11.7. The van der Waals surface area contributed by atoms with Gasteiger partial charge in [0.25, 0.3) is 0 Å². The molecule has 2 heterocycles. The summed E-state index contributed by atoms with van der Waals surface area (Å²) in [6.45, 7) is 2.92. The predicted octanol–water partition coefficient (Wildman–Crippen LogP) is 1.67. The number of hydrogen-bond donors (Lipinski definition) is 2. The van der Waals surface area contributed by atoms with Gasteiger partial charge in [-0.1, -0.05) is 6.92 Å². The molecule has 0 radical (unpaired) electrons. The summed E-state index contributed by atoms with van der Waals surface area (Å²) in [4.78, 5) is 20.3. The van der Waals surface area contributed by atoms with Crippen molar-refractivity contribution in [2.45, 2.75) is 42.4 Å². The minimum atomic E-state index is -0.145. The van der Waals surface area contributed by atoms with Gasteiger partial charge in [-0.05, 0) is 37.1 Å². The average Bonchev–Trinajstić information content (AvgIpc) is 3.22. The molecule has 3 rings (SSSR count). The lowest BCUT2D eigenvalue weighted by Crippen LogP contribution is -2.16. The van der Waals surface area contributed by atoms with Crippen molar-refractivity contribution in [3.63, 3.8) is 0 Å². The van der Waals surface area contributed by atoms with Crippen LogP contribution in [-0.2, 0) is 0 Å². The molecule has 20 heavy (non-hydrogen) atoms. The van der Waals surface area contributed by atoms with Crippen LogP contribution < -0.4 is 11.0 Å². The Bertz CT molecular complexity index is 647. The summed E-state index contributed by atoms with van der Waals surface area (Å²) in [6, 6.07) is 2.11. The Morgan fingerprint density at radius 2 is 2.40 bits per heavy atom. The van der Waals surface area contributed by atoms with Crippen LogP contribution in [-0.4, -0.2) is 31.3 Å². The first-order chi connectivity index (χ1) is 9.78. The number of aromatic nitrogens is 5. The van der Waals surface area contributed by atoms with E-state index < -0.39 is 0 Å². The highest BCUT2D eigenvalue weighted by Gasteiger charge is 2.28. The summed E-state index contributed by atoms with van der Waals surface area (Å²) >= 11 is 1.38. The molecule has 1 saturated carbocycles. The van der Waals surface area contributed by atoms with Crippen LogP contribution in [0.1, 0.15) is 32.2 Å². The largest absolute Gasteiger partial charge is 0.354 e. The van der Waals surface area contributed by atoms with Gasteiger partial charge in [0, 0.05) is 18.8 Å². The lowest BCUT2D eigenvalue weighted by molar-refractivity contribution is 0.642. The van der Waals surface area contributed by atoms with Crippen LogP contribution in [0.3, 0.4) is 0 Å². The van der Waals surface area contributed by atoms with Crippen molar-refractivity contribution in [2.75, 3.05) is 11.9 Å². The number of hydrogen-bond acceptors (Lipinski definition) is 6. The van der Waals surface area contributed by atoms with Crippen LogP contribution in [0.4, 0.5) is 5.95 Å². The maximum atomic E-state index is 11.7. The van der Waals surface area contributed by atoms with Gasteiger partial charge in [0.1, 0.15) is 5.03 Å². The number of nitrogens with one attached hydrogen (secondary N) is 2. The Balaban J connectivity index is 1.79. The number of anilines is 1. The van der Waals surface area contributed by atoms with Crippen molar-refractivity contribution in [3.8, 4) is 0 Å². The van der Waals surface area contributed by atoms with Crippen LogP contribution in [0.2, 0.25) is 0 Å². The normalized spacial score (nSPS) is 14.4. The summed E-state index contributed by atoms with van der Waals surface area (Å²) in [5.74, 6) is 0.604. The molecule has 1 aliphatic carbocycles. The lowest BCUT2D eigenvalue weighted by atomic mass is 10.5. The average molecular weight is 292 g/mol. The molecule has 8 heteroatoms. The summed E-state index contributed by atoms with van der Waals surface area (Å²) < 4.78 is 1.71. The minimum Gasteiger partial charge on any atom is -0.354 e. The molecule has 0 aliphatic heterocycles. The third kappa shape index (κ3) is 2.84. The number of H-pyrrole nitrogens is 1. The molecule has 0 saturated heterocycles. The second-order valence-electron chi connectivity index (χ2n) is 4.66. The molecule has 0 spiro atoms. The van der Waals surface area contributed by atoms with Crippen molar-refractivity contribution < 1.29 is 0 Å². The molecule has 106 valence electrons. The standard InChI is InChI=1S/C12H16N6OS/c1-2-6-13-10-14-7-5-9(15-10)20-12-17-16-11(19)18(12)8-3-4-8/h5,7-8H,2-4,6H2,1H3,(H,16,19)(H,13,14,15). The van der Waals surface area contributed by atoms with E-state index in [0.29, 0.717) is 17.1 Å². The SMILES string of the molecule is CCCNc1nccc(Sc2n[nH]c(=O)n2C2CC2)n1. The Kier molecular flexibility index (Phi) is 3.72. The molecular formula is C12H16N6OS. The van der Waals surface area contributed by atoms with E-state index in [1.54, 1.807) is 10.8 Å². The monoisotopic (exact) mass is 292 g/mol. The van der Waals surface area contributed by atoms with Gasteiger partial charge in [-0.3, -0.25) is 4.57 Å². The van der Waals surface area contributed by atoms with E-state index in [2.05, 4.69) is 32.4 Å². The highest BCUT2D eigenvalue weighted by atomic mass is 32.2. The van der Waals surface area contributed by atoms with E-state index in [1.807, 2.05) is 6.07 Å². The van der Waals surface area contributed by atoms with E-state index in [9.17, 15) is 4.79 Å². The quantitative estimate of drug-likeness (QED) is 0.787. The van der Waals surface area contributed by atoms with Crippen LogP contribution in [0, 0.1) is 0 Å². The number of nitrogens with zero attached hydrogens (tertiary/aromatic N) is 4. The van der Waals surface area contributed by atoms with Crippen molar-refractivity contribution in [3.05, 3.63) is 22.7 Å². The van der Waals surface area contributed by atoms with E-state index in [4.69, 9.17) is 0 Å². The lowest BCUT2D eigenvalue weighted by Gasteiger charge is -2.05. The molecule has 0 bridgehead atoms. The first kappa shape index (κ1) is 13.2. The van der Waals surface area contributed by atoms with Gasteiger partial charge >= 0.3 is 5.69 Å². The smallest absolute Gasteiger partial charge is 0.344 e. The van der Waals surface area contributed by atoms with E-state index >= 15 is 0 Å². The second kappa shape index (κ2) is 5.66. The van der Waals surface area contributed by atoms with Crippen LogP contribution in [0.5, 0.6) is 0 Å². The number of rotatable bonds is 6. The minimum absolute atomic E-state index is 0.145. The van der Waals surface area contributed by atoms with E-state index in [-0.39, 0.29) is 5.69 Å². The fraction of sp³-hybridized carbons (Fsp3) is 0.500. The summed E-state index contributed by atoms with van der Waals surface area (Å²) in [6.07, 6.45) is 4.81. The summed E-state index contributed by atoms with van der Waals surface area (Å²) in [7, 11) is 0. The molecule has 0 atom stereocenters. The molecular weight excluding hydrogens is 276 g/mol. The van der Waals surface area contributed by atoms with Crippen molar-refractivity contribution >= 4 is 17.7 Å². The van der Waals surface area contributed by atoms with Crippen LogP contribution in [0.15, 0.2) is 27.2 Å². The third-order valence-electron chi connectivity index (χ3n) is 2.94. The molecule has 1 fully saturated rings. The van der Waals surface area contributed by atoms with Gasteiger partial charge in [-0.25, -0.2) is 19.9 Å². The number of aromatic amines is 1. The second-order valence-corrected chi connectivity index (χ2v) is 5.65. The summed E-state index contributed by atoms with van der Waals surface area (Å²) in [5, 5.41) is 11.2. The van der Waals surface area contributed by atoms with E-state index in [1.165, 1.54) is 11.8 Å². The Morgan fingerprint density at radius 1 is 1.55 bits per heavy atom. The van der Waals surface area contributed by atoms with Gasteiger partial charge in [0.05, 0.1) is 0 Å². The van der Waals surface area contributed by atoms with Crippen LogP contribution in [0.25, 0.3) is 0 Å². The van der Waals surface area contributed by atoms with Gasteiger partial charge in [-0.15, -0.1) is 5.10 Å². The summed E-state index contributed by atoms with van der Waals surface area (Å²) in [5.41, 5.74) is -0.145. The molecule has 1 aliphatic rings. The van der Waals surface area contributed by atoms with Gasteiger partial charge in [0.15, 0.2) is 5.16 Å². The Hall–Kier alpha value is -1.83. The Morgan fingerprint density at radius 3 is 3.15 bits per heavy atom. The topological polar surface area (TPSA) is 88.5 Å². The van der Waals surface area contributed by atoms with Crippen molar-refractivity contribution in [1.29, 1.82) is 0 Å². The van der Waals surface area contributed by atoms with Crippen LogP contribution >= 0.6 is 11.8 Å². The molecule has 7 nitrogen and oxygen atoms in total. The molecule has 0 aromatic carbocycles. The van der Waals surface area contributed by atoms with Gasteiger partial charge in [0.2, 0.25) is 5.95 Å². The van der Waals surface area contributed by atoms with Crippen molar-refractivity contribution in [1.82, 2.24) is 24.7 Å². The molecule has 2 aromatic heterocycles. The zero-order chi connectivity index (χ0) is 13.9. The van der Waals surface area contributed by atoms with Crippen molar-refractivity contribution in [2.24, 2.45) is 0 Å². The molecule has 0 amide bonds. The zero-order valence-corrected chi connectivity index (χ0v) is 12.0. The highest BCUT2D eigenvalue weighted by Crippen LogP contribution is 2.37. The maximum Gasteiger partial charge on any atom is 0.344 e. The fourth-order valence-electron chi connectivity index (χ4n) is 1.83. The highest BCUT2D eigenvalue weighted by molar-refractivity contribution is 7.99. The van der Waals surface area contributed by atoms with E-state index in [0.717, 1.165) is 30.8 Å².